The van der Waals surface area contributed by atoms with Crippen molar-refractivity contribution in [2.24, 2.45) is 0 Å². The zero-order chi connectivity index (χ0) is 9.84. The summed E-state index contributed by atoms with van der Waals surface area (Å²) in [5.74, 6) is -0.135. The third-order valence-electron chi connectivity index (χ3n) is 1.83. The van der Waals surface area contributed by atoms with Gasteiger partial charge in [0.15, 0.2) is 0 Å². The van der Waals surface area contributed by atoms with Gasteiger partial charge in [-0.3, -0.25) is 0 Å². The van der Waals surface area contributed by atoms with E-state index in [0.717, 1.165) is 28.5 Å². The molecule has 70 valence electrons. The average molecular weight is 243 g/mol. The zero-order valence-corrected chi connectivity index (χ0v) is 9.20. The molecule has 0 spiro atoms. The lowest BCUT2D eigenvalue weighted by Crippen LogP contribution is -1.90. The SMILES string of the molecule is C=C(C)CCc1cc(Br)ccc1F. The topological polar surface area (TPSA) is 0 Å². The van der Waals surface area contributed by atoms with Crippen molar-refractivity contribution in [3.05, 3.63) is 46.2 Å². The Morgan fingerprint density at radius 2 is 2.23 bits per heavy atom. The van der Waals surface area contributed by atoms with E-state index < -0.39 is 0 Å². The Morgan fingerprint density at radius 1 is 1.54 bits per heavy atom. The molecule has 2 heteroatoms. The first kappa shape index (κ1) is 10.5. The van der Waals surface area contributed by atoms with Crippen LogP contribution in [0, 0.1) is 5.82 Å². The lowest BCUT2D eigenvalue weighted by atomic mass is 10.1. The Balaban J connectivity index is 2.75. The van der Waals surface area contributed by atoms with Crippen LogP contribution in [0.25, 0.3) is 0 Å². The maximum Gasteiger partial charge on any atom is 0.126 e. The fraction of sp³-hybridized carbons (Fsp3) is 0.273. The van der Waals surface area contributed by atoms with Crippen LogP contribution in [0.2, 0.25) is 0 Å². The summed E-state index contributed by atoms with van der Waals surface area (Å²) in [7, 11) is 0. The summed E-state index contributed by atoms with van der Waals surface area (Å²) in [6, 6.07) is 5.01. The molecule has 0 N–H and O–H groups in total. The van der Waals surface area contributed by atoms with Crippen LogP contribution in [0.5, 0.6) is 0 Å². The van der Waals surface area contributed by atoms with Gasteiger partial charge in [0, 0.05) is 4.47 Å². The zero-order valence-electron chi connectivity index (χ0n) is 7.61. The molecule has 0 saturated carbocycles. The van der Waals surface area contributed by atoms with Crippen molar-refractivity contribution < 1.29 is 4.39 Å². The van der Waals surface area contributed by atoms with E-state index in [1.165, 1.54) is 6.07 Å². The van der Waals surface area contributed by atoms with E-state index in [-0.39, 0.29) is 5.82 Å². The van der Waals surface area contributed by atoms with E-state index in [1.807, 2.05) is 13.0 Å². The monoisotopic (exact) mass is 242 g/mol. The molecular weight excluding hydrogens is 231 g/mol. The van der Waals surface area contributed by atoms with Crippen LogP contribution in [0.15, 0.2) is 34.8 Å². The largest absolute Gasteiger partial charge is 0.207 e. The smallest absolute Gasteiger partial charge is 0.126 e. The van der Waals surface area contributed by atoms with Gasteiger partial charge >= 0.3 is 0 Å². The van der Waals surface area contributed by atoms with Crippen molar-refractivity contribution in [1.82, 2.24) is 0 Å². The Labute approximate surface area is 86.6 Å². The average Bonchev–Trinajstić information content (AvgIpc) is 2.06. The van der Waals surface area contributed by atoms with Gasteiger partial charge in [-0.2, -0.15) is 0 Å². The standard InChI is InChI=1S/C11H12BrF/c1-8(2)3-4-9-7-10(12)5-6-11(9)13/h5-7H,1,3-4H2,2H3. The summed E-state index contributed by atoms with van der Waals surface area (Å²) < 4.78 is 14.1. The highest BCUT2D eigenvalue weighted by molar-refractivity contribution is 9.10. The molecule has 1 aromatic rings. The maximum absolute atomic E-state index is 13.2. The van der Waals surface area contributed by atoms with Gasteiger partial charge in [0.25, 0.3) is 0 Å². The summed E-state index contributed by atoms with van der Waals surface area (Å²) in [6.07, 6.45) is 1.56. The van der Waals surface area contributed by atoms with Gasteiger partial charge in [0.1, 0.15) is 5.82 Å². The van der Waals surface area contributed by atoms with Gasteiger partial charge in [-0.25, -0.2) is 4.39 Å². The van der Waals surface area contributed by atoms with Crippen molar-refractivity contribution in [3.63, 3.8) is 0 Å². The Morgan fingerprint density at radius 3 is 2.85 bits per heavy atom. The van der Waals surface area contributed by atoms with E-state index in [1.54, 1.807) is 6.07 Å². The molecule has 0 heterocycles. The minimum Gasteiger partial charge on any atom is -0.207 e. The molecule has 0 saturated heterocycles. The van der Waals surface area contributed by atoms with Crippen molar-refractivity contribution in [2.75, 3.05) is 0 Å². The highest BCUT2D eigenvalue weighted by Crippen LogP contribution is 2.17. The van der Waals surface area contributed by atoms with Gasteiger partial charge in [-0.05, 0) is 43.5 Å². The number of hydrogen-bond donors (Lipinski definition) is 0. The Hall–Kier alpha value is -0.630. The molecular formula is C11H12BrF. The third kappa shape index (κ3) is 3.31. The summed E-state index contributed by atoms with van der Waals surface area (Å²) in [4.78, 5) is 0. The molecule has 0 amide bonds. The summed E-state index contributed by atoms with van der Waals surface area (Å²) in [5, 5.41) is 0. The molecule has 0 nitrogen and oxygen atoms in total. The molecule has 0 bridgehead atoms. The molecule has 0 fully saturated rings. The number of halogens is 2. The van der Waals surface area contributed by atoms with Crippen LogP contribution in [-0.4, -0.2) is 0 Å². The predicted molar refractivity (Wildman–Crippen MR) is 57.2 cm³/mol. The van der Waals surface area contributed by atoms with Crippen LogP contribution in [0.4, 0.5) is 4.39 Å². The van der Waals surface area contributed by atoms with Crippen molar-refractivity contribution in [2.45, 2.75) is 19.8 Å². The Bertz CT molecular complexity index is 318. The minimum atomic E-state index is -0.135. The molecule has 0 aliphatic carbocycles. The van der Waals surface area contributed by atoms with Crippen LogP contribution < -0.4 is 0 Å². The summed E-state index contributed by atoms with van der Waals surface area (Å²) >= 11 is 3.31. The second-order valence-electron chi connectivity index (χ2n) is 3.19. The summed E-state index contributed by atoms with van der Waals surface area (Å²) in [6.45, 7) is 5.74. The maximum atomic E-state index is 13.2. The fourth-order valence-electron chi connectivity index (χ4n) is 1.08. The van der Waals surface area contributed by atoms with Gasteiger partial charge < -0.3 is 0 Å². The minimum absolute atomic E-state index is 0.135. The van der Waals surface area contributed by atoms with Crippen molar-refractivity contribution in [3.8, 4) is 0 Å². The van der Waals surface area contributed by atoms with Crippen molar-refractivity contribution >= 4 is 15.9 Å². The molecule has 0 atom stereocenters. The van der Waals surface area contributed by atoms with Gasteiger partial charge in [0.2, 0.25) is 0 Å². The molecule has 0 aliphatic heterocycles. The van der Waals surface area contributed by atoms with E-state index in [0.29, 0.717) is 0 Å². The molecule has 13 heavy (non-hydrogen) atoms. The fourth-order valence-corrected chi connectivity index (χ4v) is 1.49. The van der Waals surface area contributed by atoms with E-state index in [4.69, 9.17) is 0 Å². The van der Waals surface area contributed by atoms with Crippen molar-refractivity contribution in [1.29, 1.82) is 0 Å². The number of benzene rings is 1. The quantitative estimate of drug-likeness (QED) is 0.701. The number of aryl methyl sites for hydroxylation is 1. The first-order valence-electron chi connectivity index (χ1n) is 4.18. The first-order valence-corrected chi connectivity index (χ1v) is 4.97. The van der Waals surface area contributed by atoms with Gasteiger partial charge in [-0.1, -0.05) is 21.5 Å². The predicted octanol–water partition coefficient (Wildman–Crippen LogP) is 4.10. The van der Waals surface area contributed by atoms with E-state index in [2.05, 4.69) is 22.5 Å². The van der Waals surface area contributed by atoms with Crippen LogP contribution in [0.1, 0.15) is 18.9 Å². The first-order chi connectivity index (χ1) is 6.09. The third-order valence-corrected chi connectivity index (χ3v) is 2.32. The van der Waals surface area contributed by atoms with Crippen LogP contribution in [0.3, 0.4) is 0 Å². The number of hydrogen-bond acceptors (Lipinski definition) is 0. The second kappa shape index (κ2) is 4.56. The van der Waals surface area contributed by atoms with E-state index >= 15 is 0 Å². The molecule has 0 aliphatic rings. The van der Waals surface area contributed by atoms with Gasteiger partial charge in [0.05, 0.1) is 0 Å². The molecule has 1 rings (SSSR count). The summed E-state index contributed by atoms with van der Waals surface area (Å²) in [5.41, 5.74) is 1.83. The number of allylic oxidation sites excluding steroid dienone is 1. The highest BCUT2D eigenvalue weighted by Gasteiger charge is 2.02. The second-order valence-corrected chi connectivity index (χ2v) is 4.11. The molecule has 0 radical (unpaired) electrons. The number of rotatable bonds is 3. The normalized spacial score (nSPS) is 10.1. The molecule has 1 aromatic carbocycles. The van der Waals surface area contributed by atoms with E-state index in [9.17, 15) is 4.39 Å². The van der Waals surface area contributed by atoms with Crippen LogP contribution >= 0.6 is 15.9 Å². The lowest BCUT2D eigenvalue weighted by molar-refractivity contribution is 0.608. The molecule has 0 aromatic heterocycles. The highest BCUT2D eigenvalue weighted by atomic mass is 79.9. The molecule has 0 unspecified atom stereocenters. The van der Waals surface area contributed by atoms with Crippen LogP contribution in [-0.2, 0) is 6.42 Å². The Kier molecular flexibility index (Phi) is 3.67. The van der Waals surface area contributed by atoms with Gasteiger partial charge in [-0.15, -0.1) is 6.58 Å². The lowest BCUT2D eigenvalue weighted by Gasteiger charge is -2.03.